The molecule has 0 bridgehead atoms. The van der Waals surface area contributed by atoms with E-state index < -0.39 is 5.79 Å². The largest absolute Gasteiger partial charge is 0.366 e. The van der Waals surface area contributed by atoms with Crippen molar-refractivity contribution in [2.75, 3.05) is 0 Å². The monoisotopic (exact) mass is 218 g/mol. The van der Waals surface area contributed by atoms with Crippen LogP contribution in [0, 0.1) is 12.3 Å². The zero-order valence-electron chi connectivity index (χ0n) is 10.0. The van der Waals surface area contributed by atoms with E-state index >= 15 is 0 Å². The van der Waals surface area contributed by atoms with Crippen molar-refractivity contribution < 1.29 is 9.84 Å². The summed E-state index contributed by atoms with van der Waals surface area (Å²) in [7, 11) is 0. The molecule has 1 N–H and O–H groups in total. The molecule has 0 fully saturated rings. The first kappa shape index (κ1) is 12.8. The maximum absolute atomic E-state index is 9.50. The fourth-order valence-electron chi connectivity index (χ4n) is 1.60. The summed E-state index contributed by atoms with van der Waals surface area (Å²) in [6.07, 6.45) is 6.00. The quantitative estimate of drug-likeness (QED) is 0.621. The molecule has 0 aromatic heterocycles. The molecular weight excluding hydrogens is 200 g/mol. The fraction of sp³-hybridized carbons (Fsp3) is 0.429. The summed E-state index contributed by atoms with van der Waals surface area (Å²) in [5.41, 5.74) is 2.02. The van der Waals surface area contributed by atoms with Crippen molar-refractivity contribution >= 4 is 0 Å². The summed E-state index contributed by atoms with van der Waals surface area (Å²) in [4.78, 5) is 0. The lowest BCUT2D eigenvalue weighted by Gasteiger charge is -2.23. The van der Waals surface area contributed by atoms with Gasteiger partial charge in [0.2, 0.25) is 0 Å². The Morgan fingerprint density at radius 3 is 2.38 bits per heavy atom. The van der Waals surface area contributed by atoms with Crippen LogP contribution in [0.1, 0.15) is 31.9 Å². The van der Waals surface area contributed by atoms with Gasteiger partial charge in [-0.1, -0.05) is 18.1 Å². The van der Waals surface area contributed by atoms with Crippen molar-refractivity contribution in [1.82, 2.24) is 0 Å². The molecular formula is C14H18O2. The Hall–Kier alpha value is -1.30. The van der Waals surface area contributed by atoms with Crippen molar-refractivity contribution in [2.45, 2.75) is 39.1 Å². The van der Waals surface area contributed by atoms with Crippen molar-refractivity contribution in [3.63, 3.8) is 0 Å². The van der Waals surface area contributed by atoms with Gasteiger partial charge in [0.05, 0.1) is 6.10 Å². The molecule has 2 heteroatoms. The second-order valence-electron chi connectivity index (χ2n) is 4.42. The zero-order valence-corrected chi connectivity index (χ0v) is 10.0. The van der Waals surface area contributed by atoms with E-state index in [2.05, 4.69) is 5.92 Å². The van der Waals surface area contributed by atoms with E-state index in [9.17, 15) is 5.11 Å². The number of hydrogen-bond donors (Lipinski definition) is 1. The van der Waals surface area contributed by atoms with Crippen LogP contribution < -0.4 is 0 Å². The van der Waals surface area contributed by atoms with Crippen LogP contribution in [0.3, 0.4) is 0 Å². The van der Waals surface area contributed by atoms with E-state index in [1.54, 1.807) is 13.8 Å². The maximum atomic E-state index is 9.50. The highest BCUT2D eigenvalue weighted by Gasteiger charge is 2.17. The average molecular weight is 218 g/mol. The lowest BCUT2D eigenvalue weighted by molar-refractivity contribution is -0.200. The Balaban J connectivity index is 2.57. The van der Waals surface area contributed by atoms with Crippen LogP contribution in [-0.4, -0.2) is 17.0 Å². The molecule has 0 saturated heterocycles. The molecule has 1 aromatic carbocycles. The summed E-state index contributed by atoms with van der Waals surface area (Å²) in [6.45, 7) is 5.20. The van der Waals surface area contributed by atoms with Crippen molar-refractivity contribution in [2.24, 2.45) is 0 Å². The third-order valence-corrected chi connectivity index (χ3v) is 2.13. The number of terminal acetylenes is 1. The Morgan fingerprint density at radius 1 is 1.38 bits per heavy atom. The number of benzene rings is 1. The summed E-state index contributed by atoms with van der Waals surface area (Å²) in [5, 5.41) is 9.50. The van der Waals surface area contributed by atoms with Crippen LogP contribution in [0.25, 0.3) is 0 Å². The topological polar surface area (TPSA) is 29.5 Å². The smallest absolute Gasteiger partial charge is 0.160 e. The van der Waals surface area contributed by atoms with Gasteiger partial charge in [0.15, 0.2) is 5.79 Å². The molecule has 0 unspecified atom stereocenters. The van der Waals surface area contributed by atoms with Gasteiger partial charge in [0.1, 0.15) is 0 Å². The van der Waals surface area contributed by atoms with E-state index in [1.165, 1.54) is 0 Å². The van der Waals surface area contributed by atoms with Crippen molar-refractivity contribution in [3.05, 3.63) is 35.4 Å². The standard InChI is InChI=1S/C14H18O2/c1-5-12-6-8-13(9-7-12)10-11(2)16-14(3,4)15/h1,6-9,11,15H,10H2,2-4H3/t11-/m0/s1. The van der Waals surface area contributed by atoms with E-state index in [-0.39, 0.29) is 6.10 Å². The Kier molecular flexibility index (Phi) is 4.12. The van der Waals surface area contributed by atoms with Crippen LogP contribution in [0.5, 0.6) is 0 Å². The normalized spacial score (nSPS) is 13.2. The third kappa shape index (κ3) is 4.48. The predicted octanol–water partition coefficient (Wildman–Crippen LogP) is 2.34. The molecule has 0 heterocycles. The molecule has 0 aliphatic rings. The average Bonchev–Trinajstić information content (AvgIpc) is 2.16. The SMILES string of the molecule is C#Cc1ccc(C[C@H](C)OC(C)(C)O)cc1. The Morgan fingerprint density at radius 2 is 1.94 bits per heavy atom. The van der Waals surface area contributed by atoms with Gasteiger partial charge in [0, 0.05) is 5.56 Å². The van der Waals surface area contributed by atoms with Gasteiger partial charge in [-0.15, -0.1) is 6.42 Å². The van der Waals surface area contributed by atoms with Gasteiger partial charge < -0.3 is 9.84 Å². The molecule has 16 heavy (non-hydrogen) atoms. The molecule has 1 rings (SSSR count). The molecule has 0 aliphatic carbocycles. The van der Waals surface area contributed by atoms with Crippen LogP contribution in [0.2, 0.25) is 0 Å². The first-order valence-corrected chi connectivity index (χ1v) is 5.36. The van der Waals surface area contributed by atoms with Gasteiger partial charge in [-0.2, -0.15) is 0 Å². The number of hydrogen-bond acceptors (Lipinski definition) is 2. The minimum atomic E-state index is -1.09. The summed E-state index contributed by atoms with van der Waals surface area (Å²) in [6, 6.07) is 7.79. The van der Waals surface area contributed by atoms with Gasteiger partial charge in [0.25, 0.3) is 0 Å². The first-order valence-electron chi connectivity index (χ1n) is 5.36. The number of ether oxygens (including phenoxy) is 1. The van der Waals surface area contributed by atoms with Crippen LogP contribution in [0.4, 0.5) is 0 Å². The number of rotatable bonds is 4. The highest BCUT2D eigenvalue weighted by atomic mass is 16.6. The third-order valence-electron chi connectivity index (χ3n) is 2.13. The lowest BCUT2D eigenvalue weighted by Crippen LogP contribution is -2.29. The molecule has 2 nitrogen and oxygen atoms in total. The van der Waals surface area contributed by atoms with E-state index in [0.29, 0.717) is 0 Å². The Labute approximate surface area is 97.3 Å². The second-order valence-corrected chi connectivity index (χ2v) is 4.42. The number of aliphatic hydroxyl groups is 1. The van der Waals surface area contributed by atoms with Crippen molar-refractivity contribution in [1.29, 1.82) is 0 Å². The summed E-state index contributed by atoms with van der Waals surface area (Å²) >= 11 is 0. The van der Waals surface area contributed by atoms with Crippen molar-refractivity contribution in [3.8, 4) is 12.3 Å². The molecule has 1 aromatic rings. The van der Waals surface area contributed by atoms with Gasteiger partial charge in [-0.25, -0.2) is 0 Å². The van der Waals surface area contributed by atoms with Crippen LogP contribution in [0.15, 0.2) is 24.3 Å². The highest BCUT2D eigenvalue weighted by Crippen LogP contribution is 2.13. The van der Waals surface area contributed by atoms with Gasteiger partial charge in [-0.3, -0.25) is 0 Å². The van der Waals surface area contributed by atoms with Gasteiger partial charge in [-0.05, 0) is 44.9 Å². The molecule has 0 radical (unpaired) electrons. The zero-order chi connectivity index (χ0) is 12.2. The van der Waals surface area contributed by atoms with E-state index in [1.807, 2.05) is 31.2 Å². The molecule has 0 amide bonds. The predicted molar refractivity (Wildman–Crippen MR) is 64.9 cm³/mol. The van der Waals surface area contributed by atoms with Crippen LogP contribution in [-0.2, 0) is 11.2 Å². The minimum absolute atomic E-state index is 0.0308. The molecule has 0 aliphatic heterocycles. The summed E-state index contributed by atoms with van der Waals surface area (Å²) in [5.74, 6) is 1.49. The molecule has 1 atom stereocenters. The molecule has 86 valence electrons. The van der Waals surface area contributed by atoms with E-state index in [4.69, 9.17) is 11.2 Å². The van der Waals surface area contributed by atoms with Crippen LogP contribution >= 0.6 is 0 Å². The van der Waals surface area contributed by atoms with Gasteiger partial charge >= 0.3 is 0 Å². The Bertz CT molecular complexity index is 365. The maximum Gasteiger partial charge on any atom is 0.160 e. The highest BCUT2D eigenvalue weighted by molar-refractivity contribution is 5.34. The molecule has 0 spiro atoms. The second kappa shape index (κ2) is 5.16. The van der Waals surface area contributed by atoms with E-state index in [0.717, 1.165) is 17.5 Å². The minimum Gasteiger partial charge on any atom is -0.366 e. The fourth-order valence-corrected chi connectivity index (χ4v) is 1.60. The summed E-state index contributed by atoms with van der Waals surface area (Å²) < 4.78 is 5.41. The lowest BCUT2D eigenvalue weighted by atomic mass is 10.1. The first-order chi connectivity index (χ1) is 7.40. The molecule has 0 saturated carbocycles.